The van der Waals surface area contributed by atoms with Crippen molar-refractivity contribution in [1.82, 2.24) is 4.90 Å². The van der Waals surface area contributed by atoms with Gasteiger partial charge < -0.3 is 14.4 Å². The highest BCUT2D eigenvalue weighted by Gasteiger charge is 2.35. The van der Waals surface area contributed by atoms with Gasteiger partial charge in [0.2, 0.25) is 0 Å². The third-order valence-electron chi connectivity index (χ3n) is 5.42. The molecule has 158 valence electrons. The first-order valence-corrected chi connectivity index (χ1v) is 10.5. The van der Waals surface area contributed by atoms with Gasteiger partial charge in [-0.3, -0.25) is 0 Å². The second-order valence-corrected chi connectivity index (χ2v) is 9.16. The summed E-state index contributed by atoms with van der Waals surface area (Å²) in [6.45, 7) is 8.12. The molecule has 1 unspecified atom stereocenters. The SMILES string of the molecule is CC1c2c(ccc3c2O[C@@H](c2ccc(Cl)cc2F)C=C3)CCN1C(=O)OC(C)(C)C. The highest BCUT2D eigenvalue weighted by molar-refractivity contribution is 6.30. The molecule has 2 heterocycles. The molecule has 0 saturated heterocycles. The molecular weight excluding hydrogens is 405 g/mol. The van der Waals surface area contributed by atoms with Gasteiger partial charge >= 0.3 is 6.09 Å². The maximum atomic E-state index is 14.5. The van der Waals surface area contributed by atoms with Gasteiger partial charge in [-0.25, -0.2) is 9.18 Å². The third kappa shape index (κ3) is 3.91. The topological polar surface area (TPSA) is 38.8 Å². The summed E-state index contributed by atoms with van der Waals surface area (Å²) in [5, 5.41) is 0.343. The minimum absolute atomic E-state index is 0.222. The van der Waals surface area contributed by atoms with E-state index in [9.17, 15) is 9.18 Å². The second-order valence-electron chi connectivity index (χ2n) is 8.72. The Morgan fingerprint density at radius 2 is 2.03 bits per heavy atom. The van der Waals surface area contributed by atoms with Crippen LogP contribution in [0.15, 0.2) is 36.4 Å². The number of benzene rings is 2. The van der Waals surface area contributed by atoms with E-state index in [4.69, 9.17) is 21.1 Å². The fourth-order valence-corrected chi connectivity index (χ4v) is 4.17. The van der Waals surface area contributed by atoms with Crippen LogP contribution in [0.4, 0.5) is 9.18 Å². The highest BCUT2D eigenvalue weighted by Crippen LogP contribution is 2.44. The second kappa shape index (κ2) is 7.62. The molecule has 2 atom stereocenters. The first kappa shape index (κ1) is 20.7. The van der Waals surface area contributed by atoms with Crippen molar-refractivity contribution in [2.45, 2.75) is 51.9 Å². The van der Waals surface area contributed by atoms with Gasteiger partial charge in [-0.05, 0) is 57.9 Å². The van der Waals surface area contributed by atoms with E-state index in [1.165, 1.54) is 6.07 Å². The molecule has 4 rings (SSSR count). The zero-order valence-corrected chi connectivity index (χ0v) is 18.3. The molecule has 0 N–H and O–H groups in total. The van der Waals surface area contributed by atoms with Crippen LogP contribution in [-0.2, 0) is 11.2 Å². The lowest BCUT2D eigenvalue weighted by Crippen LogP contribution is -2.42. The molecule has 6 heteroatoms. The average Bonchev–Trinajstić information content (AvgIpc) is 2.66. The molecule has 2 aliphatic heterocycles. The van der Waals surface area contributed by atoms with E-state index in [0.717, 1.165) is 16.7 Å². The Labute approximate surface area is 181 Å². The molecule has 30 heavy (non-hydrogen) atoms. The van der Waals surface area contributed by atoms with Crippen LogP contribution in [0, 0.1) is 5.82 Å². The van der Waals surface area contributed by atoms with Crippen molar-refractivity contribution in [2.75, 3.05) is 6.54 Å². The van der Waals surface area contributed by atoms with Crippen molar-refractivity contribution < 1.29 is 18.7 Å². The summed E-state index contributed by atoms with van der Waals surface area (Å²) in [5.41, 5.74) is 2.85. The van der Waals surface area contributed by atoms with Crippen LogP contribution in [0.3, 0.4) is 0 Å². The van der Waals surface area contributed by atoms with Gasteiger partial charge in [-0.15, -0.1) is 0 Å². The van der Waals surface area contributed by atoms with E-state index in [1.807, 2.05) is 45.9 Å². The van der Waals surface area contributed by atoms with Crippen molar-refractivity contribution >= 4 is 23.8 Å². The molecule has 0 aliphatic carbocycles. The van der Waals surface area contributed by atoms with Crippen molar-refractivity contribution in [1.29, 1.82) is 0 Å². The van der Waals surface area contributed by atoms with Crippen LogP contribution in [0.25, 0.3) is 6.08 Å². The molecule has 2 aromatic rings. The van der Waals surface area contributed by atoms with Crippen molar-refractivity contribution in [3.8, 4) is 5.75 Å². The number of halogens is 2. The Hall–Kier alpha value is -2.53. The molecule has 2 aliphatic rings. The van der Waals surface area contributed by atoms with E-state index in [-0.39, 0.29) is 12.1 Å². The van der Waals surface area contributed by atoms with Gasteiger partial charge in [-0.1, -0.05) is 35.9 Å². The van der Waals surface area contributed by atoms with Crippen LogP contribution in [0.5, 0.6) is 5.75 Å². The highest BCUT2D eigenvalue weighted by atomic mass is 35.5. The fourth-order valence-electron chi connectivity index (χ4n) is 4.01. The molecule has 0 fully saturated rings. The first-order valence-electron chi connectivity index (χ1n) is 10.1. The van der Waals surface area contributed by atoms with Crippen LogP contribution >= 0.6 is 11.6 Å². The minimum Gasteiger partial charge on any atom is -0.480 e. The number of carbonyl (C=O) groups is 1. The van der Waals surface area contributed by atoms with Gasteiger partial charge in [0.25, 0.3) is 0 Å². The van der Waals surface area contributed by atoms with E-state index >= 15 is 0 Å². The number of rotatable bonds is 1. The van der Waals surface area contributed by atoms with Crippen molar-refractivity contribution in [3.05, 3.63) is 69.5 Å². The molecule has 0 radical (unpaired) electrons. The number of hydrogen-bond donors (Lipinski definition) is 0. The van der Waals surface area contributed by atoms with Gasteiger partial charge in [0.1, 0.15) is 23.3 Å². The van der Waals surface area contributed by atoms with Crippen LogP contribution in [0.2, 0.25) is 5.02 Å². The molecule has 4 nitrogen and oxygen atoms in total. The van der Waals surface area contributed by atoms with E-state index in [0.29, 0.717) is 29.3 Å². The minimum atomic E-state index is -0.566. The number of carbonyl (C=O) groups excluding carboxylic acids is 1. The standard InChI is InChI=1S/C24H25ClFNO3/c1-14-21-15(11-12-27(14)23(28)30-24(2,3)4)5-6-16-7-10-20(29-22(16)21)18-9-8-17(25)13-19(18)26/h5-10,13-14,20H,11-12H2,1-4H3/t14?,20-/m1/s1. The van der Waals surface area contributed by atoms with Gasteiger partial charge in [0, 0.05) is 28.3 Å². The Kier molecular flexibility index (Phi) is 5.27. The fraction of sp³-hybridized carbons (Fsp3) is 0.375. The van der Waals surface area contributed by atoms with Gasteiger partial charge in [-0.2, -0.15) is 0 Å². The molecule has 0 aromatic heterocycles. The Bertz CT molecular complexity index is 1030. The van der Waals surface area contributed by atoms with Crippen LogP contribution in [-0.4, -0.2) is 23.1 Å². The Morgan fingerprint density at radius 1 is 1.27 bits per heavy atom. The monoisotopic (exact) mass is 429 g/mol. The van der Waals surface area contributed by atoms with Crippen LogP contribution < -0.4 is 4.74 Å². The molecular formula is C24H25ClFNO3. The number of nitrogens with zero attached hydrogens (tertiary/aromatic N) is 1. The summed E-state index contributed by atoms with van der Waals surface area (Å²) >= 11 is 5.89. The summed E-state index contributed by atoms with van der Waals surface area (Å²) in [5.74, 6) is 0.281. The molecule has 0 saturated carbocycles. The first-order chi connectivity index (χ1) is 14.1. The number of amides is 1. The van der Waals surface area contributed by atoms with Gasteiger partial charge in [0.05, 0.1) is 6.04 Å². The summed E-state index contributed by atoms with van der Waals surface area (Å²) in [7, 11) is 0. The average molecular weight is 430 g/mol. The molecule has 2 aromatic carbocycles. The maximum Gasteiger partial charge on any atom is 0.410 e. The lowest BCUT2D eigenvalue weighted by atomic mass is 9.89. The molecule has 0 bridgehead atoms. The normalized spacial score (nSPS) is 20.3. The number of fused-ring (bicyclic) bond motifs is 3. The Morgan fingerprint density at radius 3 is 2.73 bits per heavy atom. The van der Waals surface area contributed by atoms with Crippen molar-refractivity contribution in [2.24, 2.45) is 0 Å². The summed E-state index contributed by atoms with van der Waals surface area (Å²) in [6.07, 6.45) is 3.58. The lowest BCUT2D eigenvalue weighted by molar-refractivity contribution is 0.0156. The Balaban J connectivity index is 1.68. The van der Waals surface area contributed by atoms with Crippen molar-refractivity contribution in [3.63, 3.8) is 0 Å². The van der Waals surface area contributed by atoms with Crippen LogP contribution in [0.1, 0.15) is 62.1 Å². The summed E-state index contributed by atoms with van der Waals surface area (Å²) < 4.78 is 26.4. The molecule has 1 amide bonds. The summed E-state index contributed by atoms with van der Waals surface area (Å²) in [4.78, 5) is 14.5. The van der Waals surface area contributed by atoms with E-state index < -0.39 is 17.5 Å². The number of ether oxygens (including phenoxy) is 2. The lowest BCUT2D eigenvalue weighted by Gasteiger charge is -2.38. The predicted octanol–water partition coefficient (Wildman–Crippen LogP) is 6.48. The predicted molar refractivity (Wildman–Crippen MR) is 115 cm³/mol. The zero-order valence-electron chi connectivity index (χ0n) is 17.5. The van der Waals surface area contributed by atoms with E-state index in [1.54, 1.807) is 17.0 Å². The number of hydrogen-bond acceptors (Lipinski definition) is 3. The van der Waals surface area contributed by atoms with Gasteiger partial charge in [0.15, 0.2) is 0 Å². The summed E-state index contributed by atoms with van der Waals surface area (Å²) in [6, 6.07) is 8.45. The van der Waals surface area contributed by atoms with E-state index in [2.05, 4.69) is 6.07 Å². The zero-order chi connectivity index (χ0) is 21.6. The largest absolute Gasteiger partial charge is 0.480 e. The third-order valence-corrected chi connectivity index (χ3v) is 5.65. The smallest absolute Gasteiger partial charge is 0.410 e. The quantitative estimate of drug-likeness (QED) is 0.520. The maximum absolute atomic E-state index is 14.5. The molecule has 0 spiro atoms.